The van der Waals surface area contributed by atoms with Crippen molar-refractivity contribution < 1.29 is 13.2 Å². The van der Waals surface area contributed by atoms with Gasteiger partial charge in [-0.3, -0.25) is 0 Å². The highest BCUT2D eigenvalue weighted by atomic mass is 79.9. The summed E-state index contributed by atoms with van der Waals surface area (Å²) in [5.74, 6) is -0.880. The smallest absolute Gasteiger partial charge is 0.218 e. The number of aromatic nitrogens is 1. The molecule has 1 nitrogen and oxygen atoms in total. The van der Waals surface area contributed by atoms with E-state index in [0.29, 0.717) is 5.56 Å². The van der Waals surface area contributed by atoms with Crippen molar-refractivity contribution in [1.82, 2.24) is 4.98 Å². The summed E-state index contributed by atoms with van der Waals surface area (Å²) >= 11 is 3.01. The molecule has 66 valence electrons. The van der Waals surface area contributed by atoms with E-state index in [9.17, 15) is 13.2 Å². The molecule has 0 amide bonds. The van der Waals surface area contributed by atoms with Crippen LogP contribution in [-0.4, -0.2) is 4.98 Å². The molecule has 0 aliphatic rings. The van der Waals surface area contributed by atoms with E-state index in [1.54, 1.807) is 0 Å². The van der Waals surface area contributed by atoms with Gasteiger partial charge >= 0.3 is 0 Å². The lowest BCUT2D eigenvalue weighted by atomic mass is 10.2. The number of rotatable bonds is 2. The Morgan fingerprint density at radius 1 is 1.42 bits per heavy atom. The lowest BCUT2D eigenvalue weighted by Crippen LogP contribution is -1.98. The van der Waals surface area contributed by atoms with Crippen molar-refractivity contribution >= 4 is 15.9 Å². The van der Waals surface area contributed by atoms with Crippen molar-refractivity contribution in [3.8, 4) is 0 Å². The first-order valence-corrected chi connectivity index (χ1v) is 4.26. The summed E-state index contributed by atoms with van der Waals surface area (Å²) in [5, 5.41) is 0.250. The summed E-state index contributed by atoms with van der Waals surface area (Å²) in [5.41, 5.74) is -0.182. The third-order valence-electron chi connectivity index (χ3n) is 1.33. The highest BCUT2D eigenvalue weighted by Crippen LogP contribution is 2.22. The minimum absolute atomic E-state index is 0.250. The van der Waals surface area contributed by atoms with Gasteiger partial charge in [-0.15, -0.1) is 0 Å². The van der Waals surface area contributed by atoms with Gasteiger partial charge < -0.3 is 0 Å². The fraction of sp³-hybridized carbons (Fsp3) is 0.286. The van der Waals surface area contributed by atoms with E-state index in [1.807, 2.05) is 0 Å². The Hall–Kier alpha value is -0.580. The molecule has 12 heavy (non-hydrogen) atoms. The standard InChI is InChI=1S/C7H5BrF3N/c8-3-4-1-2-5(9)12-6(4)7(10)11/h1-2,7H,3H2. The van der Waals surface area contributed by atoms with E-state index >= 15 is 0 Å². The SMILES string of the molecule is Fc1ccc(CBr)c(C(F)F)n1. The Morgan fingerprint density at radius 2 is 2.08 bits per heavy atom. The zero-order valence-electron chi connectivity index (χ0n) is 5.90. The van der Waals surface area contributed by atoms with Crippen molar-refractivity contribution in [1.29, 1.82) is 0 Å². The molecule has 0 N–H and O–H groups in total. The van der Waals surface area contributed by atoms with Crippen LogP contribution in [0.5, 0.6) is 0 Å². The largest absolute Gasteiger partial charge is 0.280 e. The van der Waals surface area contributed by atoms with Gasteiger partial charge in [0.15, 0.2) is 0 Å². The summed E-state index contributed by atoms with van der Waals surface area (Å²) in [4.78, 5) is 3.10. The van der Waals surface area contributed by atoms with Gasteiger partial charge in [0.2, 0.25) is 5.95 Å². The van der Waals surface area contributed by atoms with Gasteiger partial charge in [-0.25, -0.2) is 13.8 Å². The number of halogens is 4. The van der Waals surface area contributed by atoms with Crippen LogP contribution < -0.4 is 0 Å². The van der Waals surface area contributed by atoms with Crippen LogP contribution in [0.2, 0.25) is 0 Å². The quantitative estimate of drug-likeness (QED) is 0.571. The van der Waals surface area contributed by atoms with Crippen molar-refractivity contribution in [2.45, 2.75) is 11.8 Å². The molecule has 1 aromatic rings. The van der Waals surface area contributed by atoms with Crippen LogP contribution in [0.3, 0.4) is 0 Å². The molecule has 0 spiro atoms. The maximum atomic E-state index is 12.4. The minimum atomic E-state index is -2.73. The summed E-state index contributed by atoms with van der Waals surface area (Å²) in [6.45, 7) is 0. The van der Waals surface area contributed by atoms with Crippen molar-refractivity contribution in [3.05, 3.63) is 29.3 Å². The van der Waals surface area contributed by atoms with Crippen molar-refractivity contribution in [3.63, 3.8) is 0 Å². The maximum absolute atomic E-state index is 12.4. The van der Waals surface area contributed by atoms with Gasteiger partial charge in [0.05, 0.1) is 0 Å². The lowest BCUT2D eigenvalue weighted by molar-refractivity contribution is 0.144. The zero-order valence-corrected chi connectivity index (χ0v) is 7.48. The van der Waals surface area contributed by atoms with Gasteiger partial charge in [-0.1, -0.05) is 22.0 Å². The molecule has 0 saturated carbocycles. The fourth-order valence-electron chi connectivity index (χ4n) is 0.781. The summed E-state index contributed by atoms with van der Waals surface area (Å²) in [7, 11) is 0. The monoisotopic (exact) mass is 239 g/mol. The van der Waals surface area contributed by atoms with E-state index in [4.69, 9.17) is 0 Å². The van der Waals surface area contributed by atoms with Crippen molar-refractivity contribution in [2.24, 2.45) is 0 Å². The first-order chi connectivity index (χ1) is 5.65. The molecule has 5 heteroatoms. The highest BCUT2D eigenvalue weighted by Gasteiger charge is 2.14. The summed E-state index contributed by atoms with van der Waals surface area (Å²) in [6.07, 6.45) is -2.73. The van der Waals surface area contributed by atoms with Crippen LogP contribution in [0, 0.1) is 5.95 Å². The van der Waals surface area contributed by atoms with Gasteiger partial charge in [0.1, 0.15) is 5.69 Å². The third kappa shape index (κ3) is 1.97. The summed E-state index contributed by atoms with van der Waals surface area (Å²) < 4.78 is 36.7. The second-order valence-electron chi connectivity index (χ2n) is 2.11. The Kier molecular flexibility index (Phi) is 3.08. The average Bonchev–Trinajstić information content (AvgIpc) is 2.04. The van der Waals surface area contributed by atoms with Gasteiger partial charge in [-0.05, 0) is 11.6 Å². The molecule has 0 atom stereocenters. The first kappa shape index (κ1) is 9.51. The predicted octanol–water partition coefficient (Wildman–Crippen LogP) is 3.05. The molecule has 1 aromatic heterocycles. The molecule has 0 radical (unpaired) electrons. The maximum Gasteiger partial charge on any atom is 0.280 e. The average molecular weight is 240 g/mol. The zero-order chi connectivity index (χ0) is 9.14. The van der Waals surface area contributed by atoms with Gasteiger partial charge in [0.25, 0.3) is 6.43 Å². The number of pyridine rings is 1. The molecular weight excluding hydrogens is 235 g/mol. The van der Waals surface area contributed by atoms with E-state index in [0.717, 1.165) is 6.07 Å². The van der Waals surface area contributed by atoms with Crippen LogP contribution in [0.1, 0.15) is 17.7 Å². The Balaban J connectivity index is 3.12. The number of hydrogen-bond acceptors (Lipinski definition) is 1. The second kappa shape index (κ2) is 3.89. The Bertz CT molecular complexity index is 277. The molecule has 1 heterocycles. The predicted molar refractivity (Wildman–Crippen MR) is 41.8 cm³/mol. The molecule has 0 saturated heterocycles. The third-order valence-corrected chi connectivity index (χ3v) is 1.93. The van der Waals surface area contributed by atoms with Crippen LogP contribution in [0.15, 0.2) is 12.1 Å². The normalized spacial score (nSPS) is 10.8. The molecule has 0 fully saturated rings. The highest BCUT2D eigenvalue weighted by molar-refractivity contribution is 9.08. The van der Waals surface area contributed by atoms with Gasteiger partial charge in [0, 0.05) is 5.33 Å². The fourth-order valence-corrected chi connectivity index (χ4v) is 1.25. The molecule has 1 rings (SSSR count). The molecule has 0 unspecified atom stereocenters. The molecular formula is C7H5BrF3N. The Labute approximate surface area is 75.7 Å². The van der Waals surface area contributed by atoms with Crippen LogP contribution in [0.25, 0.3) is 0 Å². The number of hydrogen-bond donors (Lipinski definition) is 0. The van der Waals surface area contributed by atoms with E-state index in [1.165, 1.54) is 6.07 Å². The number of nitrogens with zero attached hydrogens (tertiary/aromatic N) is 1. The molecule has 0 aliphatic carbocycles. The molecule has 0 aliphatic heterocycles. The minimum Gasteiger partial charge on any atom is -0.218 e. The summed E-state index contributed by atoms with van der Waals surface area (Å²) in [6, 6.07) is 2.35. The number of alkyl halides is 3. The van der Waals surface area contributed by atoms with Crippen LogP contribution in [0.4, 0.5) is 13.2 Å². The Morgan fingerprint density at radius 3 is 2.58 bits per heavy atom. The lowest BCUT2D eigenvalue weighted by Gasteiger charge is -2.03. The van der Waals surface area contributed by atoms with E-state index < -0.39 is 18.1 Å². The van der Waals surface area contributed by atoms with Crippen molar-refractivity contribution in [2.75, 3.05) is 0 Å². The van der Waals surface area contributed by atoms with E-state index in [2.05, 4.69) is 20.9 Å². The van der Waals surface area contributed by atoms with Crippen LogP contribution in [-0.2, 0) is 5.33 Å². The van der Waals surface area contributed by atoms with Crippen LogP contribution >= 0.6 is 15.9 Å². The second-order valence-corrected chi connectivity index (χ2v) is 2.67. The van der Waals surface area contributed by atoms with Gasteiger partial charge in [-0.2, -0.15) is 4.39 Å². The first-order valence-electron chi connectivity index (χ1n) is 3.14. The van der Waals surface area contributed by atoms with E-state index in [-0.39, 0.29) is 5.33 Å². The molecule has 0 bridgehead atoms. The molecule has 0 aromatic carbocycles. The topological polar surface area (TPSA) is 12.9 Å².